The van der Waals surface area contributed by atoms with E-state index in [4.69, 9.17) is 9.15 Å². The second-order valence-corrected chi connectivity index (χ2v) is 9.99. The van der Waals surface area contributed by atoms with Crippen molar-refractivity contribution >= 4 is 38.4 Å². The third-order valence-corrected chi connectivity index (χ3v) is 7.67. The molecule has 3 aromatic rings. The van der Waals surface area contributed by atoms with Gasteiger partial charge in [0.25, 0.3) is 10.0 Å². The number of hydrogen-bond acceptors (Lipinski definition) is 9. The molecule has 0 saturated carbocycles. The smallest absolute Gasteiger partial charge is 0.374 e. The molecule has 1 aliphatic rings. The van der Waals surface area contributed by atoms with Crippen molar-refractivity contribution in [3.63, 3.8) is 0 Å². The molecular formula is C21H22N4O6S2. The van der Waals surface area contributed by atoms with Crippen molar-refractivity contribution in [2.75, 3.05) is 25.0 Å². The minimum Gasteiger partial charge on any atom is -0.460 e. The van der Waals surface area contributed by atoms with Crippen molar-refractivity contribution < 1.29 is 27.2 Å². The lowest BCUT2D eigenvalue weighted by molar-refractivity contribution is -0.120. The lowest BCUT2D eigenvalue weighted by Gasteiger charge is -2.29. The number of ether oxygens (including phenoxy) is 1. The average Bonchev–Trinajstić information content (AvgIpc) is 3.51. The molecule has 3 aromatic heterocycles. The maximum absolute atomic E-state index is 12.9. The number of nitrogens with one attached hydrogen (secondary N) is 1. The summed E-state index contributed by atoms with van der Waals surface area (Å²) in [6.45, 7) is 2.12. The van der Waals surface area contributed by atoms with Gasteiger partial charge in [0.1, 0.15) is 5.69 Å². The van der Waals surface area contributed by atoms with Gasteiger partial charge in [0.2, 0.25) is 16.8 Å². The van der Waals surface area contributed by atoms with E-state index in [1.807, 2.05) is 23.6 Å². The summed E-state index contributed by atoms with van der Waals surface area (Å²) in [4.78, 5) is 33.1. The monoisotopic (exact) mass is 490 g/mol. The summed E-state index contributed by atoms with van der Waals surface area (Å²) < 4.78 is 37.0. The van der Waals surface area contributed by atoms with Gasteiger partial charge in [-0.05, 0) is 44.0 Å². The van der Waals surface area contributed by atoms with Gasteiger partial charge in [-0.3, -0.25) is 9.78 Å². The maximum atomic E-state index is 12.9. The van der Waals surface area contributed by atoms with E-state index in [0.29, 0.717) is 23.7 Å². The van der Waals surface area contributed by atoms with Crippen LogP contribution in [0.15, 0.2) is 51.4 Å². The van der Waals surface area contributed by atoms with Gasteiger partial charge in [0, 0.05) is 30.6 Å². The molecule has 1 N–H and O–H groups in total. The first-order valence-corrected chi connectivity index (χ1v) is 12.7. The van der Waals surface area contributed by atoms with E-state index in [9.17, 15) is 18.0 Å². The van der Waals surface area contributed by atoms with Gasteiger partial charge >= 0.3 is 5.97 Å². The number of sulfonamides is 1. The number of aromatic nitrogens is 2. The number of hydrogen-bond donors (Lipinski definition) is 1. The second-order valence-electron chi connectivity index (χ2n) is 7.26. The quantitative estimate of drug-likeness (QED) is 0.500. The number of pyridine rings is 1. The fourth-order valence-electron chi connectivity index (χ4n) is 3.43. The molecule has 0 aliphatic carbocycles. The Morgan fingerprint density at radius 1 is 1.21 bits per heavy atom. The molecule has 0 atom stereocenters. The number of anilines is 1. The van der Waals surface area contributed by atoms with Gasteiger partial charge in [-0.15, -0.1) is 11.3 Å². The van der Waals surface area contributed by atoms with Crippen molar-refractivity contribution in [3.05, 3.63) is 47.7 Å². The van der Waals surface area contributed by atoms with Crippen LogP contribution in [0.2, 0.25) is 0 Å². The molecule has 1 saturated heterocycles. The summed E-state index contributed by atoms with van der Waals surface area (Å²) in [5, 5.41) is 4.79. The molecule has 4 rings (SSSR count). The molecule has 0 bridgehead atoms. The number of carbonyl (C=O) groups excluding carboxylic acids is 2. The van der Waals surface area contributed by atoms with Crippen molar-refractivity contribution in [2.45, 2.75) is 24.9 Å². The number of thiazole rings is 1. The average molecular weight is 491 g/mol. The van der Waals surface area contributed by atoms with Crippen LogP contribution in [0.3, 0.4) is 0 Å². The number of piperidine rings is 1. The molecule has 1 fully saturated rings. The number of rotatable bonds is 7. The Morgan fingerprint density at radius 2 is 2.00 bits per heavy atom. The first kappa shape index (κ1) is 23.1. The standard InChI is InChI=1S/C21H22N4O6S2/c1-2-30-20(27)17-6-7-18(31-17)33(28,29)25-11-8-14(9-12-25)19(26)24-21-23-16(13-32-21)15-5-3-4-10-22-15/h3-7,10,13-14H,2,8-9,11-12H2,1H3,(H,23,24,26). The molecule has 0 radical (unpaired) electrons. The minimum atomic E-state index is -3.92. The van der Waals surface area contributed by atoms with Gasteiger partial charge in [0.05, 0.1) is 12.3 Å². The van der Waals surface area contributed by atoms with Crippen LogP contribution in [0.1, 0.15) is 30.3 Å². The SMILES string of the molecule is CCOC(=O)c1ccc(S(=O)(=O)N2CCC(C(=O)Nc3nc(-c4ccccn4)cs3)CC2)o1. The van der Waals surface area contributed by atoms with Gasteiger partial charge in [-0.25, -0.2) is 18.2 Å². The minimum absolute atomic E-state index is 0.155. The topological polar surface area (TPSA) is 132 Å². The Balaban J connectivity index is 1.34. The van der Waals surface area contributed by atoms with Crippen LogP contribution in [0.25, 0.3) is 11.4 Å². The molecule has 10 nitrogen and oxygen atoms in total. The zero-order chi connectivity index (χ0) is 23.4. The number of esters is 1. The summed E-state index contributed by atoms with van der Waals surface area (Å²) in [6.07, 6.45) is 2.39. The first-order chi connectivity index (χ1) is 15.9. The Bertz CT molecular complexity index is 1230. The van der Waals surface area contributed by atoms with Crippen molar-refractivity contribution in [3.8, 4) is 11.4 Å². The Labute approximate surface area is 194 Å². The van der Waals surface area contributed by atoms with E-state index in [1.165, 1.54) is 27.8 Å². The lowest BCUT2D eigenvalue weighted by Crippen LogP contribution is -2.41. The van der Waals surface area contributed by atoms with Gasteiger partial charge in [-0.1, -0.05) is 6.07 Å². The van der Waals surface area contributed by atoms with Crippen LogP contribution >= 0.6 is 11.3 Å². The second kappa shape index (κ2) is 9.81. The summed E-state index contributed by atoms with van der Waals surface area (Å²) in [7, 11) is -3.92. The van der Waals surface area contributed by atoms with Crippen LogP contribution in [0, 0.1) is 5.92 Å². The predicted molar refractivity (Wildman–Crippen MR) is 120 cm³/mol. The van der Waals surface area contributed by atoms with Crippen LogP contribution in [0.5, 0.6) is 0 Å². The summed E-state index contributed by atoms with van der Waals surface area (Å²) in [5.74, 6) is -1.43. The van der Waals surface area contributed by atoms with E-state index in [0.717, 1.165) is 5.69 Å². The Kier molecular flexibility index (Phi) is 6.86. The predicted octanol–water partition coefficient (Wildman–Crippen LogP) is 3.01. The highest BCUT2D eigenvalue weighted by molar-refractivity contribution is 7.89. The third-order valence-electron chi connectivity index (χ3n) is 5.14. The van der Waals surface area contributed by atoms with Crippen LogP contribution in [0.4, 0.5) is 5.13 Å². The zero-order valence-corrected chi connectivity index (χ0v) is 19.4. The molecule has 0 aromatic carbocycles. The van der Waals surface area contributed by atoms with Crippen LogP contribution in [-0.4, -0.2) is 54.3 Å². The summed E-state index contributed by atoms with van der Waals surface area (Å²) in [6, 6.07) is 8.03. The van der Waals surface area contributed by atoms with Crippen molar-refractivity contribution in [2.24, 2.45) is 5.92 Å². The fourth-order valence-corrected chi connectivity index (χ4v) is 5.52. The van der Waals surface area contributed by atoms with Crippen LogP contribution in [-0.2, 0) is 19.6 Å². The van der Waals surface area contributed by atoms with Gasteiger partial charge in [-0.2, -0.15) is 4.31 Å². The third kappa shape index (κ3) is 5.13. The Hall–Kier alpha value is -3.09. The van der Waals surface area contributed by atoms with E-state index in [-0.39, 0.29) is 42.4 Å². The van der Waals surface area contributed by atoms with E-state index in [1.54, 1.807) is 13.1 Å². The molecular weight excluding hydrogens is 468 g/mol. The molecule has 174 valence electrons. The lowest BCUT2D eigenvalue weighted by atomic mass is 9.97. The number of amides is 1. The number of carbonyl (C=O) groups is 2. The summed E-state index contributed by atoms with van der Waals surface area (Å²) in [5.41, 5.74) is 1.40. The van der Waals surface area contributed by atoms with E-state index < -0.39 is 16.0 Å². The zero-order valence-electron chi connectivity index (χ0n) is 17.8. The number of nitrogens with zero attached hydrogens (tertiary/aromatic N) is 3. The Morgan fingerprint density at radius 3 is 2.70 bits per heavy atom. The molecule has 0 spiro atoms. The van der Waals surface area contributed by atoms with E-state index >= 15 is 0 Å². The van der Waals surface area contributed by atoms with E-state index in [2.05, 4.69) is 15.3 Å². The molecule has 33 heavy (non-hydrogen) atoms. The van der Waals surface area contributed by atoms with Crippen molar-refractivity contribution in [1.29, 1.82) is 0 Å². The highest BCUT2D eigenvalue weighted by atomic mass is 32.2. The first-order valence-electron chi connectivity index (χ1n) is 10.3. The van der Waals surface area contributed by atoms with Crippen LogP contribution < -0.4 is 5.32 Å². The largest absolute Gasteiger partial charge is 0.460 e. The molecule has 1 aliphatic heterocycles. The molecule has 12 heteroatoms. The normalized spacial score (nSPS) is 15.3. The van der Waals surface area contributed by atoms with Gasteiger partial charge < -0.3 is 14.5 Å². The molecule has 0 unspecified atom stereocenters. The number of furan rings is 1. The molecule has 1 amide bonds. The summed E-state index contributed by atoms with van der Waals surface area (Å²) >= 11 is 1.31. The molecule has 4 heterocycles. The maximum Gasteiger partial charge on any atom is 0.374 e. The van der Waals surface area contributed by atoms with Crippen molar-refractivity contribution in [1.82, 2.24) is 14.3 Å². The fraction of sp³-hybridized carbons (Fsp3) is 0.333. The van der Waals surface area contributed by atoms with Gasteiger partial charge in [0.15, 0.2) is 5.13 Å². The highest BCUT2D eigenvalue weighted by Gasteiger charge is 2.34. The highest BCUT2D eigenvalue weighted by Crippen LogP contribution is 2.28.